The van der Waals surface area contributed by atoms with Crippen molar-refractivity contribution in [3.8, 4) is 0 Å². The summed E-state index contributed by atoms with van der Waals surface area (Å²) in [5.41, 5.74) is 0.679. The molecule has 9 heteroatoms. The number of halogens is 3. The second-order valence-corrected chi connectivity index (χ2v) is 3.87. The topological polar surface area (TPSA) is 76.7 Å². The molecule has 0 aliphatic rings. The minimum Gasteiger partial charge on any atom is -0.440 e. The number of amides is 2. The van der Waals surface area contributed by atoms with Gasteiger partial charge in [0.05, 0.1) is 0 Å². The van der Waals surface area contributed by atoms with Crippen LogP contribution < -0.4 is 10.6 Å². The average molecular weight is 306 g/mol. The summed E-state index contributed by atoms with van der Waals surface area (Å²) in [5, 5.41) is 4.63. The van der Waals surface area contributed by atoms with E-state index in [2.05, 4.69) is 20.1 Å². The maximum Gasteiger partial charge on any atom is 0.422 e. The molecule has 0 atom stereocenters. The van der Waals surface area contributed by atoms with Gasteiger partial charge in [-0.3, -0.25) is 10.1 Å². The van der Waals surface area contributed by atoms with Gasteiger partial charge >= 0.3 is 12.3 Å². The number of benzene rings is 1. The Labute approximate surface area is 118 Å². The summed E-state index contributed by atoms with van der Waals surface area (Å²) in [6.07, 6.45) is -5.80. The fourth-order valence-corrected chi connectivity index (χ4v) is 1.27. The fourth-order valence-electron chi connectivity index (χ4n) is 1.27. The van der Waals surface area contributed by atoms with E-state index in [1.165, 1.54) is 31.4 Å². The molecule has 6 nitrogen and oxygen atoms in total. The molecule has 0 fully saturated rings. The minimum absolute atomic E-state index is 0.107. The number of hydrogen-bond acceptors (Lipinski definition) is 4. The van der Waals surface area contributed by atoms with E-state index in [4.69, 9.17) is 0 Å². The normalized spacial score (nSPS) is 10.9. The van der Waals surface area contributed by atoms with E-state index in [9.17, 15) is 22.8 Å². The van der Waals surface area contributed by atoms with Crippen LogP contribution in [0.15, 0.2) is 24.3 Å². The second kappa shape index (κ2) is 7.48. The summed E-state index contributed by atoms with van der Waals surface area (Å²) >= 11 is 0. The monoisotopic (exact) mass is 306 g/mol. The Kier molecular flexibility index (Phi) is 5.97. The molecule has 0 heterocycles. The number of hydrogen-bond donors (Lipinski definition) is 2. The van der Waals surface area contributed by atoms with Crippen LogP contribution in [0.25, 0.3) is 0 Å². The van der Waals surface area contributed by atoms with Gasteiger partial charge in [-0.15, -0.1) is 0 Å². The van der Waals surface area contributed by atoms with Crippen LogP contribution in [0.4, 0.5) is 29.3 Å². The summed E-state index contributed by atoms with van der Waals surface area (Å²) in [5.74, 6) is -0.359. The third-order valence-electron chi connectivity index (χ3n) is 2.06. The third kappa shape index (κ3) is 7.16. The predicted octanol–water partition coefficient (Wildman–Crippen LogP) is 2.38. The van der Waals surface area contributed by atoms with Gasteiger partial charge in [-0.05, 0) is 24.3 Å². The number of nitrogens with one attached hydrogen (secondary N) is 2. The van der Waals surface area contributed by atoms with E-state index in [1.807, 2.05) is 0 Å². The molecule has 2 N–H and O–H groups in total. The first-order valence-electron chi connectivity index (χ1n) is 5.69. The van der Waals surface area contributed by atoms with Crippen LogP contribution in [0, 0.1) is 0 Å². The molecule has 0 radical (unpaired) electrons. The summed E-state index contributed by atoms with van der Waals surface area (Å²) in [7, 11) is 1.37. The molecule has 0 saturated heterocycles. The second-order valence-electron chi connectivity index (χ2n) is 3.87. The van der Waals surface area contributed by atoms with E-state index in [-0.39, 0.29) is 18.2 Å². The Balaban J connectivity index is 2.47. The molecule has 0 aliphatic heterocycles. The number of carbonyl (C=O) groups excluding carboxylic acids is 2. The smallest absolute Gasteiger partial charge is 0.422 e. The van der Waals surface area contributed by atoms with Crippen LogP contribution in [0.3, 0.4) is 0 Å². The van der Waals surface area contributed by atoms with Crippen molar-refractivity contribution in [3.05, 3.63) is 24.3 Å². The third-order valence-corrected chi connectivity index (χ3v) is 2.06. The first-order valence-corrected chi connectivity index (χ1v) is 5.69. The molecular formula is C12H13F3N2O4. The zero-order valence-electron chi connectivity index (χ0n) is 11.0. The van der Waals surface area contributed by atoms with Gasteiger partial charge < -0.3 is 14.8 Å². The number of ether oxygens (including phenoxy) is 2. The molecule has 0 bridgehead atoms. The fraction of sp³-hybridized carbons (Fsp3) is 0.333. The van der Waals surface area contributed by atoms with E-state index >= 15 is 0 Å². The highest BCUT2D eigenvalue weighted by Crippen LogP contribution is 2.16. The molecule has 0 unspecified atom stereocenters. The van der Waals surface area contributed by atoms with Gasteiger partial charge in [-0.1, -0.05) is 0 Å². The van der Waals surface area contributed by atoms with E-state index in [0.717, 1.165) is 0 Å². The van der Waals surface area contributed by atoms with Crippen molar-refractivity contribution in [1.29, 1.82) is 0 Å². The van der Waals surface area contributed by atoms with Crippen LogP contribution in [0.1, 0.15) is 0 Å². The highest BCUT2D eigenvalue weighted by atomic mass is 19.4. The maximum absolute atomic E-state index is 11.8. The molecular weight excluding hydrogens is 293 g/mol. The van der Waals surface area contributed by atoms with Crippen molar-refractivity contribution < 1.29 is 32.2 Å². The Morgan fingerprint density at radius 1 is 1.10 bits per heavy atom. The highest BCUT2D eigenvalue weighted by Gasteiger charge is 2.29. The quantitative estimate of drug-likeness (QED) is 0.875. The van der Waals surface area contributed by atoms with Gasteiger partial charge in [-0.2, -0.15) is 13.2 Å². The number of alkyl halides is 3. The van der Waals surface area contributed by atoms with Crippen molar-refractivity contribution in [2.24, 2.45) is 0 Å². The molecule has 21 heavy (non-hydrogen) atoms. The number of anilines is 2. The lowest BCUT2D eigenvalue weighted by atomic mass is 10.3. The first-order chi connectivity index (χ1) is 9.80. The van der Waals surface area contributed by atoms with Gasteiger partial charge in [0, 0.05) is 18.5 Å². The summed E-state index contributed by atoms with van der Waals surface area (Å²) in [6.45, 7) is -1.77. The van der Waals surface area contributed by atoms with Crippen molar-refractivity contribution in [1.82, 2.24) is 0 Å². The lowest BCUT2D eigenvalue weighted by Crippen LogP contribution is -2.23. The SMILES string of the molecule is COCC(=O)Nc1ccc(NC(=O)OCC(F)(F)F)cc1. The van der Waals surface area contributed by atoms with Crippen LogP contribution >= 0.6 is 0 Å². The van der Waals surface area contributed by atoms with Crippen LogP contribution in [-0.4, -0.2) is 38.5 Å². The molecule has 0 aliphatic carbocycles. The Morgan fingerprint density at radius 3 is 2.10 bits per heavy atom. The molecule has 116 valence electrons. The van der Waals surface area contributed by atoms with Crippen molar-refractivity contribution >= 4 is 23.4 Å². The van der Waals surface area contributed by atoms with Crippen LogP contribution in [0.5, 0.6) is 0 Å². The largest absolute Gasteiger partial charge is 0.440 e. The summed E-state index contributed by atoms with van der Waals surface area (Å²) in [4.78, 5) is 22.3. The van der Waals surface area contributed by atoms with E-state index in [1.54, 1.807) is 0 Å². The molecule has 0 spiro atoms. The number of rotatable bonds is 5. The van der Waals surface area contributed by atoms with Crippen LogP contribution in [-0.2, 0) is 14.3 Å². The van der Waals surface area contributed by atoms with Gasteiger partial charge in [-0.25, -0.2) is 4.79 Å². The average Bonchev–Trinajstić information content (AvgIpc) is 2.38. The van der Waals surface area contributed by atoms with Gasteiger partial charge in [0.1, 0.15) is 6.61 Å². The molecule has 1 aromatic carbocycles. The Bertz CT molecular complexity index is 488. The first kappa shape index (κ1) is 16.8. The van der Waals surface area contributed by atoms with Gasteiger partial charge in [0.2, 0.25) is 5.91 Å². The van der Waals surface area contributed by atoms with E-state index in [0.29, 0.717) is 5.69 Å². The van der Waals surface area contributed by atoms with Gasteiger partial charge in [0.25, 0.3) is 0 Å². The predicted molar refractivity (Wildman–Crippen MR) is 68.0 cm³/mol. The maximum atomic E-state index is 11.8. The molecule has 2 amide bonds. The van der Waals surface area contributed by atoms with Gasteiger partial charge in [0.15, 0.2) is 6.61 Å². The molecule has 0 saturated carbocycles. The van der Waals surface area contributed by atoms with Crippen molar-refractivity contribution in [3.63, 3.8) is 0 Å². The highest BCUT2D eigenvalue weighted by molar-refractivity contribution is 5.92. The Hall–Kier alpha value is -2.29. The zero-order chi connectivity index (χ0) is 15.9. The van der Waals surface area contributed by atoms with Crippen molar-refractivity contribution in [2.45, 2.75) is 6.18 Å². The summed E-state index contributed by atoms with van der Waals surface area (Å²) in [6, 6.07) is 5.73. The van der Waals surface area contributed by atoms with Crippen LogP contribution in [0.2, 0.25) is 0 Å². The standard InChI is InChI=1S/C12H13F3N2O4/c1-20-6-10(18)16-8-2-4-9(5-3-8)17-11(19)21-7-12(13,14)15/h2-5H,6-7H2,1H3,(H,16,18)(H,17,19). The molecule has 0 aromatic heterocycles. The number of carbonyl (C=O) groups is 2. The Morgan fingerprint density at radius 2 is 1.62 bits per heavy atom. The summed E-state index contributed by atoms with van der Waals surface area (Å²) < 4.78 is 44.1. The zero-order valence-corrected chi connectivity index (χ0v) is 11.0. The van der Waals surface area contributed by atoms with Crippen molar-refractivity contribution in [2.75, 3.05) is 31.0 Å². The molecule has 1 rings (SSSR count). The number of methoxy groups -OCH3 is 1. The van der Waals surface area contributed by atoms with E-state index < -0.39 is 18.9 Å². The molecule has 1 aromatic rings. The lowest BCUT2D eigenvalue weighted by molar-refractivity contribution is -0.159. The lowest BCUT2D eigenvalue weighted by Gasteiger charge is -2.10. The minimum atomic E-state index is -4.58.